The van der Waals surface area contributed by atoms with Gasteiger partial charge >= 0.3 is 0 Å². The van der Waals surface area contributed by atoms with Crippen molar-refractivity contribution >= 4 is 45.7 Å². The number of nitrogens with zero attached hydrogens (tertiary/aromatic N) is 1. The molecule has 1 heterocycles. The molecule has 1 saturated carbocycles. The van der Waals surface area contributed by atoms with E-state index in [0.29, 0.717) is 16.0 Å². The number of rotatable bonds is 4. The first-order valence-electron chi connectivity index (χ1n) is 9.39. The van der Waals surface area contributed by atoms with E-state index in [9.17, 15) is 4.79 Å². The minimum absolute atomic E-state index is 0.0204. The number of aromatic nitrogens is 2. The molecule has 4 aromatic rings. The summed E-state index contributed by atoms with van der Waals surface area (Å²) in [7, 11) is 0. The number of amides is 1. The van der Waals surface area contributed by atoms with Gasteiger partial charge in [-0.3, -0.25) is 9.89 Å². The van der Waals surface area contributed by atoms with Crippen molar-refractivity contribution in [3.05, 3.63) is 82.3 Å². The molecule has 3 aromatic carbocycles. The van der Waals surface area contributed by atoms with Gasteiger partial charge in [0.25, 0.3) is 0 Å². The standard InChI is InChI=1S/C23H17Cl2N3O/c24-19-8-6-14(10-20(19)25)22-18-11-15(7-9-21(18)27-28-22)26-23(29)17-12-16(17)13-4-2-1-3-5-13/h1-11,16-17H,12H2,(H,26,29)(H,27,28)/t16-,17?/m0/s1. The van der Waals surface area contributed by atoms with Gasteiger partial charge in [-0.25, -0.2) is 0 Å². The van der Waals surface area contributed by atoms with Crippen LogP contribution in [0.25, 0.3) is 22.2 Å². The Hall–Kier alpha value is -2.82. The number of anilines is 1. The monoisotopic (exact) mass is 421 g/mol. The molecule has 2 atom stereocenters. The van der Waals surface area contributed by atoms with Crippen molar-refractivity contribution in [1.82, 2.24) is 10.2 Å². The molecule has 2 N–H and O–H groups in total. The highest BCUT2D eigenvalue weighted by atomic mass is 35.5. The van der Waals surface area contributed by atoms with E-state index in [1.165, 1.54) is 5.56 Å². The molecule has 29 heavy (non-hydrogen) atoms. The summed E-state index contributed by atoms with van der Waals surface area (Å²) in [4.78, 5) is 12.7. The van der Waals surface area contributed by atoms with Crippen molar-refractivity contribution in [3.63, 3.8) is 0 Å². The van der Waals surface area contributed by atoms with E-state index in [0.717, 1.165) is 34.3 Å². The Balaban J connectivity index is 1.39. The Morgan fingerprint density at radius 3 is 2.62 bits per heavy atom. The second kappa shape index (κ2) is 7.21. The number of carbonyl (C=O) groups excluding carboxylic acids is 1. The van der Waals surface area contributed by atoms with Gasteiger partial charge in [0, 0.05) is 22.6 Å². The molecule has 1 aliphatic carbocycles. The lowest BCUT2D eigenvalue weighted by Gasteiger charge is -2.06. The van der Waals surface area contributed by atoms with Gasteiger partial charge in [-0.15, -0.1) is 0 Å². The molecule has 0 radical (unpaired) electrons. The summed E-state index contributed by atoms with van der Waals surface area (Å²) < 4.78 is 0. The van der Waals surface area contributed by atoms with Crippen molar-refractivity contribution in [1.29, 1.82) is 0 Å². The average molecular weight is 422 g/mol. The first kappa shape index (κ1) is 18.2. The molecule has 5 rings (SSSR count). The summed E-state index contributed by atoms with van der Waals surface area (Å²) in [6.07, 6.45) is 0.887. The van der Waals surface area contributed by atoms with E-state index >= 15 is 0 Å². The van der Waals surface area contributed by atoms with Crippen molar-refractivity contribution in [2.24, 2.45) is 5.92 Å². The maximum Gasteiger partial charge on any atom is 0.228 e. The Labute approximate surface area is 177 Å². The van der Waals surface area contributed by atoms with E-state index in [4.69, 9.17) is 23.2 Å². The highest BCUT2D eigenvalue weighted by Crippen LogP contribution is 2.48. The second-order valence-electron chi connectivity index (χ2n) is 7.31. The van der Waals surface area contributed by atoms with Gasteiger partial charge in [-0.1, -0.05) is 59.6 Å². The van der Waals surface area contributed by atoms with E-state index in [-0.39, 0.29) is 11.8 Å². The molecule has 0 aliphatic heterocycles. The van der Waals surface area contributed by atoms with Crippen molar-refractivity contribution in [2.45, 2.75) is 12.3 Å². The summed E-state index contributed by atoms with van der Waals surface area (Å²) in [5, 5.41) is 12.4. The quantitative estimate of drug-likeness (QED) is 0.407. The summed E-state index contributed by atoms with van der Waals surface area (Å²) >= 11 is 12.2. The highest BCUT2D eigenvalue weighted by Gasteiger charge is 2.43. The summed E-state index contributed by atoms with van der Waals surface area (Å²) in [5.74, 6) is 0.380. The molecular weight excluding hydrogens is 405 g/mol. The Bertz CT molecular complexity index is 1220. The van der Waals surface area contributed by atoms with Crippen LogP contribution in [0.3, 0.4) is 0 Å². The molecule has 144 valence electrons. The van der Waals surface area contributed by atoms with Gasteiger partial charge in [-0.05, 0) is 48.2 Å². The first-order chi connectivity index (χ1) is 14.1. The van der Waals surface area contributed by atoms with E-state index < -0.39 is 0 Å². The number of hydrogen-bond donors (Lipinski definition) is 2. The fourth-order valence-corrected chi connectivity index (χ4v) is 4.04. The third-order valence-electron chi connectivity index (χ3n) is 5.38. The molecular formula is C23H17Cl2N3O. The van der Waals surface area contributed by atoms with Gasteiger partial charge in [0.1, 0.15) is 5.69 Å². The SMILES string of the molecule is O=C(Nc1ccc2[nH]nc(-c3ccc(Cl)c(Cl)c3)c2c1)C1C[C@H]1c1ccccc1. The maximum atomic E-state index is 12.7. The average Bonchev–Trinajstić information content (AvgIpc) is 3.44. The van der Waals surface area contributed by atoms with Crippen molar-refractivity contribution in [2.75, 3.05) is 5.32 Å². The zero-order valence-corrected chi connectivity index (χ0v) is 16.8. The number of fused-ring (bicyclic) bond motifs is 1. The van der Waals surface area contributed by atoms with Crippen LogP contribution in [0.2, 0.25) is 10.0 Å². The van der Waals surface area contributed by atoms with Gasteiger partial charge in [0.2, 0.25) is 5.91 Å². The predicted molar refractivity (Wildman–Crippen MR) is 117 cm³/mol. The van der Waals surface area contributed by atoms with Crippen LogP contribution in [0.4, 0.5) is 5.69 Å². The fraction of sp³-hybridized carbons (Fsp3) is 0.130. The van der Waals surface area contributed by atoms with Crippen LogP contribution in [-0.4, -0.2) is 16.1 Å². The van der Waals surface area contributed by atoms with Crippen LogP contribution < -0.4 is 5.32 Å². The van der Waals surface area contributed by atoms with Gasteiger partial charge in [-0.2, -0.15) is 5.10 Å². The van der Waals surface area contributed by atoms with Crippen molar-refractivity contribution in [3.8, 4) is 11.3 Å². The normalized spacial score (nSPS) is 18.0. The summed E-state index contributed by atoms with van der Waals surface area (Å²) in [5.41, 5.74) is 4.49. The van der Waals surface area contributed by atoms with Crippen LogP contribution in [0.1, 0.15) is 17.9 Å². The van der Waals surface area contributed by atoms with Crippen LogP contribution in [0.5, 0.6) is 0 Å². The Morgan fingerprint density at radius 2 is 1.83 bits per heavy atom. The molecule has 1 unspecified atom stereocenters. The molecule has 0 bridgehead atoms. The zero-order valence-electron chi connectivity index (χ0n) is 15.3. The minimum atomic E-state index is 0.0204. The molecule has 0 spiro atoms. The third-order valence-corrected chi connectivity index (χ3v) is 6.12. The number of nitrogens with one attached hydrogen (secondary N) is 2. The lowest BCUT2D eigenvalue weighted by Crippen LogP contribution is -2.14. The van der Waals surface area contributed by atoms with Gasteiger partial charge in [0.15, 0.2) is 0 Å². The Kier molecular flexibility index (Phi) is 4.53. The van der Waals surface area contributed by atoms with E-state index in [2.05, 4.69) is 27.6 Å². The fourth-order valence-electron chi connectivity index (χ4n) is 3.74. The van der Waals surface area contributed by atoms with Gasteiger partial charge in [0.05, 0.1) is 15.6 Å². The smallest absolute Gasteiger partial charge is 0.228 e. The highest BCUT2D eigenvalue weighted by molar-refractivity contribution is 6.42. The predicted octanol–water partition coefficient (Wildman–Crippen LogP) is 6.28. The largest absolute Gasteiger partial charge is 0.326 e. The maximum absolute atomic E-state index is 12.7. The molecule has 1 fully saturated rings. The number of halogens is 2. The summed E-state index contributed by atoms with van der Waals surface area (Å²) in [6, 6.07) is 21.3. The van der Waals surface area contributed by atoms with Crippen LogP contribution >= 0.6 is 23.2 Å². The topological polar surface area (TPSA) is 57.8 Å². The number of aromatic amines is 1. The Morgan fingerprint density at radius 1 is 1.00 bits per heavy atom. The summed E-state index contributed by atoms with van der Waals surface area (Å²) in [6.45, 7) is 0. The lowest BCUT2D eigenvalue weighted by atomic mass is 10.1. The molecule has 1 amide bonds. The molecule has 4 nitrogen and oxygen atoms in total. The van der Waals surface area contributed by atoms with E-state index in [1.54, 1.807) is 12.1 Å². The first-order valence-corrected chi connectivity index (χ1v) is 10.1. The second-order valence-corrected chi connectivity index (χ2v) is 8.12. The third kappa shape index (κ3) is 3.50. The van der Waals surface area contributed by atoms with Crippen LogP contribution in [-0.2, 0) is 4.79 Å². The number of carbonyl (C=O) groups is 1. The van der Waals surface area contributed by atoms with Crippen molar-refractivity contribution < 1.29 is 4.79 Å². The molecule has 6 heteroatoms. The van der Waals surface area contributed by atoms with E-state index in [1.807, 2.05) is 42.5 Å². The van der Waals surface area contributed by atoms with Gasteiger partial charge < -0.3 is 5.32 Å². The number of hydrogen-bond acceptors (Lipinski definition) is 2. The molecule has 0 saturated heterocycles. The zero-order chi connectivity index (χ0) is 20.0. The number of H-pyrrole nitrogens is 1. The molecule has 1 aliphatic rings. The molecule has 1 aromatic heterocycles. The number of benzene rings is 3. The lowest BCUT2D eigenvalue weighted by molar-refractivity contribution is -0.117. The van der Waals surface area contributed by atoms with Crippen LogP contribution in [0, 0.1) is 5.92 Å². The van der Waals surface area contributed by atoms with Crippen LogP contribution in [0.15, 0.2) is 66.7 Å². The minimum Gasteiger partial charge on any atom is -0.326 e.